The zero-order chi connectivity index (χ0) is 13.0. The Morgan fingerprint density at radius 3 is 2.56 bits per heavy atom. The molecular weight excluding hydrogens is 224 g/mol. The molecule has 1 heterocycles. The molecule has 2 unspecified atom stereocenters. The lowest BCUT2D eigenvalue weighted by Crippen LogP contribution is -2.58. The molecule has 2 aliphatic rings. The van der Waals surface area contributed by atoms with Gasteiger partial charge >= 0.3 is 0 Å². The van der Waals surface area contributed by atoms with Crippen molar-refractivity contribution in [2.24, 2.45) is 17.6 Å². The van der Waals surface area contributed by atoms with E-state index in [9.17, 15) is 0 Å². The molecule has 0 aromatic carbocycles. The van der Waals surface area contributed by atoms with Crippen molar-refractivity contribution in [3.05, 3.63) is 0 Å². The highest BCUT2D eigenvalue weighted by Crippen LogP contribution is 2.37. The van der Waals surface area contributed by atoms with Crippen molar-refractivity contribution in [2.75, 3.05) is 33.4 Å². The van der Waals surface area contributed by atoms with Gasteiger partial charge in [0, 0.05) is 31.8 Å². The molecule has 3 nitrogen and oxygen atoms in total. The molecule has 1 saturated heterocycles. The number of hydrogen-bond acceptors (Lipinski definition) is 3. The minimum Gasteiger partial charge on any atom is -0.381 e. The molecule has 0 aromatic rings. The topological polar surface area (TPSA) is 38.5 Å². The SMILES string of the molecule is CC1CCCCC1(CN)N(C)CC1CCOCC1. The van der Waals surface area contributed by atoms with Crippen LogP contribution in [0.2, 0.25) is 0 Å². The van der Waals surface area contributed by atoms with Gasteiger partial charge in [0.1, 0.15) is 0 Å². The summed E-state index contributed by atoms with van der Waals surface area (Å²) in [6.45, 7) is 6.30. The van der Waals surface area contributed by atoms with Gasteiger partial charge in [-0.3, -0.25) is 4.90 Å². The summed E-state index contributed by atoms with van der Waals surface area (Å²) in [5.41, 5.74) is 6.43. The van der Waals surface area contributed by atoms with Crippen LogP contribution in [-0.4, -0.2) is 43.8 Å². The first kappa shape index (κ1) is 14.3. The Morgan fingerprint density at radius 1 is 1.22 bits per heavy atom. The van der Waals surface area contributed by atoms with Crippen LogP contribution < -0.4 is 5.73 Å². The summed E-state index contributed by atoms with van der Waals surface area (Å²) in [5.74, 6) is 1.54. The first-order chi connectivity index (χ1) is 8.69. The van der Waals surface area contributed by atoms with Gasteiger partial charge < -0.3 is 10.5 Å². The second kappa shape index (κ2) is 6.36. The van der Waals surface area contributed by atoms with Crippen molar-refractivity contribution in [2.45, 2.75) is 51.0 Å². The van der Waals surface area contributed by atoms with E-state index in [4.69, 9.17) is 10.5 Å². The monoisotopic (exact) mass is 254 g/mol. The number of rotatable bonds is 4. The molecule has 1 aliphatic carbocycles. The molecule has 0 bridgehead atoms. The first-order valence-corrected chi connectivity index (χ1v) is 7.68. The fourth-order valence-corrected chi connectivity index (χ4v) is 3.92. The standard InChI is InChI=1S/C15H30N2O/c1-13-5-3-4-8-15(13,12-16)17(2)11-14-6-9-18-10-7-14/h13-14H,3-12,16H2,1-2H3. The highest BCUT2D eigenvalue weighted by molar-refractivity contribution is 4.97. The molecule has 18 heavy (non-hydrogen) atoms. The molecule has 2 rings (SSSR count). The van der Waals surface area contributed by atoms with Crippen LogP contribution in [0.15, 0.2) is 0 Å². The van der Waals surface area contributed by atoms with Crippen molar-refractivity contribution < 1.29 is 4.74 Å². The number of hydrogen-bond donors (Lipinski definition) is 1. The van der Waals surface area contributed by atoms with E-state index in [0.29, 0.717) is 0 Å². The molecule has 0 spiro atoms. The van der Waals surface area contributed by atoms with E-state index in [0.717, 1.165) is 31.6 Å². The normalized spacial score (nSPS) is 35.0. The quantitative estimate of drug-likeness (QED) is 0.836. The van der Waals surface area contributed by atoms with Crippen LogP contribution in [0.25, 0.3) is 0 Å². The Kier molecular flexibility index (Phi) is 5.05. The van der Waals surface area contributed by atoms with Gasteiger partial charge in [0.2, 0.25) is 0 Å². The van der Waals surface area contributed by atoms with Gasteiger partial charge in [0.05, 0.1) is 0 Å². The molecule has 1 aliphatic heterocycles. The Morgan fingerprint density at radius 2 is 1.94 bits per heavy atom. The van der Waals surface area contributed by atoms with Crippen molar-refractivity contribution in [3.8, 4) is 0 Å². The van der Waals surface area contributed by atoms with Gasteiger partial charge in [-0.2, -0.15) is 0 Å². The average molecular weight is 254 g/mol. The van der Waals surface area contributed by atoms with E-state index < -0.39 is 0 Å². The summed E-state index contributed by atoms with van der Waals surface area (Å²) < 4.78 is 5.46. The number of nitrogens with zero attached hydrogens (tertiary/aromatic N) is 1. The third-order valence-corrected chi connectivity index (χ3v) is 5.40. The summed E-state index contributed by atoms with van der Waals surface area (Å²) in [4.78, 5) is 2.59. The van der Waals surface area contributed by atoms with E-state index >= 15 is 0 Å². The van der Waals surface area contributed by atoms with Crippen molar-refractivity contribution in [1.82, 2.24) is 4.90 Å². The van der Waals surface area contributed by atoms with Crippen LogP contribution in [-0.2, 0) is 4.74 Å². The summed E-state index contributed by atoms with van der Waals surface area (Å²) in [7, 11) is 2.30. The highest BCUT2D eigenvalue weighted by atomic mass is 16.5. The zero-order valence-electron chi connectivity index (χ0n) is 12.2. The van der Waals surface area contributed by atoms with Gasteiger partial charge in [-0.15, -0.1) is 0 Å². The first-order valence-electron chi connectivity index (χ1n) is 7.68. The van der Waals surface area contributed by atoms with Gasteiger partial charge in [-0.25, -0.2) is 0 Å². The number of nitrogens with two attached hydrogens (primary N) is 1. The second-order valence-electron chi connectivity index (χ2n) is 6.39. The Hall–Kier alpha value is -0.120. The molecule has 2 atom stereocenters. The molecule has 106 valence electrons. The Bertz CT molecular complexity index is 253. The molecule has 0 aromatic heterocycles. The maximum absolute atomic E-state index is 6.17. The molecule has 3 heteroatoms. The van der Waals surface area contributed by atoms with Gasteiger partial charge in [0.15, 0.2) is 0 Å². The smallest absolute Gasteiger partial charge is 0.0469 e. The van der Waals surface area contributed by atoms with Gasteiger partial charge in [-0.1, -0.05) is 19.8 Å². The van der Waals surface area contributed by atoms with Crippen LogP contribution >= 0.6 is 0 Å². The number of likely N-dealkylation sites (N-methyl/N-ethyl adjacent to an activating group) is 1. The number of ether oxygens (including phenoxy) is 1. The van der Waals surface area contributed by atoms with E-state index in [2.05, 4.69) is 18.9 Å². The lowest BCUT2D eigenvalue weighted by atomic mass is 9.72. The third-order valence-electron chi connectivity index (χ3n) is 5.40. The predicted molar refractivity (Wildman–Crippen MR) is 75.6 cm³/mol. The summed E-state index contributed by atoms with van der Waals surface area (Å²) in [6, 6.07) is 0. The van der Waals surface area contributed by atoms with Crippen LogP contribution in [0.3, 0.4) is 0 Å². The lowest BCUT2D eigenvalue weighted by molar-refractivity contribution is -0.000981. The van der Waals surface area contributed by atoms with Gasteiger partial charge in [-0.05, 0) is 44.6 Å². The molecular formula is C15H30N2O. The summed E-state index contributed by atoms with van der Waals surface area (Å²) >= 11 is 0. The van der Waals surface area contributed by atoms with Crippen LogP contribution in [0, 0.1) is 11.8 Å². The molecule has 2 N–H and O–H groups in total. The van der Waals surface area contributed by atoms with E-state index in [-0.39, 0.29) is 5.54 Å². The minimum absolute atomic E-state index is 0.260. The maximum atomic E-state index is 6.17. The fourth-order valence-electron chi connectivity index (χ4n) is 3.92. The zero-order valence-corrected chi connectivity index (χ0v) is 12.2. The van der Waals surface area contributed by atoms with Gasteiger partial charge in [0.25, 0.3) is 0 Å². The Labute approximate surface area is 112 Å². The second-order valence-corrected chi connectivity index (χ2v) is 6.39. The molecule has 0 radical (unpaired) electrons. The maximum Gasteiger partial charge on any atom is 0.0469 e. The van der Waals surface area contributed by atoms with E-state index in [1.54, 1.807) is 0 Å². The minimum atomic E-state index is 0.260. The van der Waals surface area contributed by atoms with Crippen molar-refractivity contribution in [3.63, 3.8) is 0 Å². The lowest BCUT2D eigenvalue weighted by Gasteiger charge is -2.49. The fraction of sp³-hybridized carbons (Fsp3) is 1.00. The van der Waals surface area contributed by atoms with Crippen LogP contribution in [0.1, 0.15) is 45.4 Å². The average Bonchev–Trinajstić information content (AvgIpc) is 2.40. The molecule has 2 fully saturated rings. The van der Waals surface area contributed by atoms with Crippen LogP contribution in [0.5, 0.6) is 0 Å². The summed E-state index contributed by atoms with van der Waals surface area (Å²) in [6.07, 6.45) is 7.80. The van der Waals surface area contributed by atoms with Crippen molar-refractivity contribution in [1.29, 1.82) is 0 Å². The largest absolute Gasteiger partial charge is 0.381 e. The van der Waals surface area contributed by atoms with E-state index in [1.807, 2.05) is 0 Å². The Balaban J connectivity index is 1.97. The predicted octanol–water partition coefficient (Wildman–Crippen LogP) is 2.25. The molecule has 0 amide bonds. The van der Waals surface area contributed by atoms with Crippen LogP contribution in [0.4, 0.5) is 0 Å². The summed E-state index contributed by atoms with van der Waals surface area (Å²) in [5, 5.41) is 0. The van der Waals surface area contributed by atoms with Crippen molar-refractivity contribution >= 4 is 0 Å². The van der Waals surface area contributed by atoms with E-state index in [1.165, 1.54) is 45.1 Å². The highest BCUT2D eigenvalue weighted by Gasteiger charge is 2.40. The third kappa shape index (κ3) is 2.89. The molecule has 1 saturated carbocycles.